The molecule has 35 heavy (non-hydrogen) atoms. The van der Waals surface area contributed by atoms with Crippen LogP contribution in [-0.2, 0) is 20.7 Å². The average molecular weight is 502 g/mol. The Hall–Kier alpha value is -3.01. The van der Waals surface area contributed by atoms with Crippen LogP contribution >= 0.6 is 11.3 Å². The van der Waals surface area contributed by atoms with Crippen LogP contribution in [0.25, 0.3) is 0 Å². The van der Waals surface area contributed by atoms with Crippen molar-refractivity contribution in [2.24, 2.45) is 11.8 Å². The van der Waals surface area contributed by atoms with Gasteiger partial charge in [0.05, 0.1) is 31.8 Å². The van der Waals surface area contributed by atoms with E-state index in [1.807, 2.05) is 0 Å². The molecular weight excluding hydrogens is 473 g/mol. The number of benzene rings is 1. The minimum atomic E-state index is -1.06. The van der Waals surface area contributed by atoms with Crippen LogP contribution in [0.5, 0.6) is 11.5 Å². The van der Waals surface area contributed by atoms with Crippen LogP contribution in [0.1, 0.15) is 49.7 Å². The van der Waals surface area contributed by atoms with Crippen molar-refractivity contribution in [2.75, 3.05) is 19.1 Å². The maximum atomic E-state index is 14.3. The lowest BCUT2D eigenvalue weighted by Gasteiger charge is -2.36. The van der Waals surface area contributed by atoms with Gasteiger partial charge in [0.15, 0.2) is 23.0 Å². The Morgan fingerprint density at radius 1 is 1.17 bits per heavy atom. The number of Topliss-reactive ketones (excluding diaryl/α,β-unsaturated/α-hetero) is 1. The summed E-state index contributed by atoms with van der Waals surface area (Å²) in [6, 6.07) is 4.48. The predicted molar refractivity (Wildman–Crippen MR) is 127 cm³/mol. The van der Waals surface area contributed by atoms with Gasteiger partial charge in [0.1, 0.15) is 17.3 Å². The number of carbonyl (C=O) groups excluding carboxylic acids is 2. The molecule has 3 heterocycles. The third-order valence-electron chi connectivity index (χ3n) is 6.75. The maximum absolute atomic E-state index is 14.3. The molecule has 1 fully saturated rings. The molecule has 4 atom stereocenters. The van der Waals surface area contributed by atoms with E-state index in [1.165, 1.54) is 30.5 Å². The molecule has 186 valence electrons. The summed E-state index contributed by atoms with van der Waals surface area (Å²) in [5.41, 5.74) is 0.891. The molecule has 2 aliphatic heterocycles. The highest BCUT2D eigenvalue weighted by atomic mass is 32.1. The summed E-state index contributed by atoms with van der Waals surface area (Å²) in [6.45, 7) is 4.17. The molecule has 0 saturated heterocycles. The first-order valence-electron chi connectivity index (χ1n) is 11.8. The largest absolute Gasteiger partial charge is 0.493 e. The Morgan fingerprint density at radius 3 is 2.66 bits per heavy atom. The van der Waals surface area contributed by atoms with E-state index in [2.05, 4.69) is 24.0 Å². The lowest BCUT2D eigenvalue weighted by atomic mass is 9.77. The number of ketones is 1. The van der Waals surface area contributed by atoms with E-state index in [9.17, 15) is 14.0 Å². The van der Waals surface area contributed by atoms with Gasteiger partial charge >= 0.3 is 0 Å². The number of amides is 1. The molecule has 1 aliphatic carbocycles. The second-order valence-corrected chi connectivity index (χ2v) is 10.6. The molecule has 0 spiro atoms. The molecule has 5 rings (SSSR count). The number of methoxy groups -OCH3 is 2. The number of nitrogens with zero attached hydrogens (tertiary/aromatic N) is 3. The van der Waals surface area contributed by atoms with E-state index >= 15 is 0 Å². The van der Waals surface area contributed by atoms with Crippen LogP contribution in [0.3, 0.4) is 0 Å². The summed E-state index contributed by atoms with van der Waals surface area (Å²) < 4.78 is 31.2. The van der Waals surface area contributed by atoms with Crippen molar-refractivity contribution in [3.05, 3.63) is 40.1 Å². The number of halogens is 1. The summed E-state index contributed by atoms with van der Waals surface area (Å²) in [7, 11) is 3.06. The van der Waals surface area contributed by atoms with E-state index in [0.29, 0.717) is 41.0 Å². The number of aromatic nitrogens is 2. The normalized spacial score (nSPS) is 26.1. The lowest BCUT2D eigenvalue weighted by molar-refractivity contribution is -0.133. The van der Waals surface area contributed by atoms with Crippen LogP contribution < -0.4 is 14.4 Å². The SMILES string of the molecule is COc1ccc(C2C3=C(OC4CCC(F)CC4C3=O)C(=O)N2c2nnc(CC(C)C)s2)cc1OC. The fourth-order valence-electron chi connectivity index (χ4n) is 5.12. The Morgan fingerprint density at radius 2 is 1.94 bits per heavy atom. The summed E-state index contributed by atoms with van der Waals surface area (Å²) in [5.74, 6) is 0.123. The topological polar surface area (TPSA) is 90.9 Å². The number of hydrogen-bond donors (Lipinski definition) is 0. The van der Waals surface area contributed by atoms with E-state index in [4.69, 9.17) is 14.2 Å². The van der Waals surface area contributed by atoms with Crippen molar-refractivity contribution in [3.63, 3.8) is 0 Å². The highest BCUT2D eigenvalue weighted by Crippen LogP contribution is 2.49. The van der Waals surface area contributed by atoms with Gasteiger partial charge in [-0.05, 0) is 42.9 Å². The molecule has 0 N–H and O–H groups in total. The molecule has 2 aromatic rings. The lowest BCUT2D eigenvalue weighted by Crippen LogP contribution is -2.42. The first-order chi connectivity index (χ1) is 16.8. The zero-order valence-corrected chi connectivity index (χ0v) is 20.9. The second kappa shape index (κ2) is 9.22. The minimum Gasteiger partial charge on any atom is -0.493 e. The molecule has 1 aromatic heterocycles. The van der Waals surface area contributed by atoms with Gasteiger partial charge in [0.2, 0.25) is 5.13 Å². The summed E-state index contributed by atoms with van der Waals surface area (Å²) >= 11 is 1.32. The van der Waals surface area contributed by atoms with Crippen molar-refractivity contribution in [3.8, 4) is 11.5 Å². The maximum Gasteiger partial charge on any atom is 0.296 e. The number of hydrogen-bond acceptors (Lipinski definition) is 8. The Labute approximate surface area is 207 Å². The van der Waals surface area contributed by atoms with Gasteiger partial charge < -0.3 is 14.2 Å². The standard InChI is InChI=1S/C25H28FN3O5S/c1-12(2)9-19-27-28-25(35-19)29-21(13-5-7-17(32-3)18(10-13)33-4)20-22(30)15-11-14(26)6-8-16(15)34-23(20)24(29)31/h5,7,10,12,14-16,21H,6,8-9,11H2,1-4H3. The molecule has 4 unspecified atom stereocenters. The predicted octanol–water partition coefficient (Wildman–Crippen LogP) is 4.20. The molecule has 1 saturated carbocycles. The molecule has 3 aliphatic rings. The number of alkyl halides is 1. The highest BCUT2D eigenvalue weighted by Gasteiger charge is 2.54. The monoisotopic (exact) mass is 501 g/mol. The van der Waals surface area contributed by atoms with Gasteiger partial charge in [0, 0.05) is 6.42 Å². The van der Waals surface area contributed by atoms with Crippen LogP contribution in [0.2, 0.25) is 0 Å². The van der Waals surface area contributed by atoms with Gasteiger partial charge in [0.25, 0.3) is 5.91 Å². The Kier molecular flexibility index (Phi) is 6.25. The van der Waals surface area contributed by atoms with Crippen LogP contribution in [-0.4, -0.2) is 48.4 Å². The molecule has 0 radical (unpaired) electrons. The highest BCUT2D eigenvalue weighted by molar-refractivity contribution is 7.15. The van der Waals surface area contributed by atoms with E-state index in [0.717, 1.165) is 11.4 Å². The Bertz CT molecular complexity index is 1200. The third-order valence-corrected chi connectivity index (χ3v) is 7.70. The molecule has 10 heteroatoms. The van der Waals surface area contributed by atoms with Crippen LogP contribution in [0, 0.1) is 11.8 Å². The van der Waals surface area contributed by atoms with Crippen molar-refractivity contribution in [2.45, 2.75) is 57.8 Å². The smallest absolute Gasteiger partial charge is 0.296 e. The first kappa shape index (κ1) is 23.7. The minimum absolute atomic E-state index is 0.0361. The van der Waals surface area contributed by atoms with E-state index < -0.39 is 30.1 Å². The van der Waals surface area contributed by atoms with Gasteiger partial charge in [-0.15, -0.1) is 10.2 Å². The number of carbonyl (C=O) groups is 2. The van der Waals surface area contributed by atoms with Gasteiger partial charge in [-0.3, -0.25) is 14.5 Å². The summed E-state index contributed by atoms with van der Waals surface area (Å²) in [5, 5.41) is 9.78. The number of ether oxygens (including phenoxy) is 3. The van der Waals surface area contributed by atoms with Gasteiger partial charge in [-0.1, -0.05) is 31.3 Å². The molecule has 1 aromatic carbocycles. The Balaban J connectivity index is 1.62. The quantitative estimate of drug-likeness (QED) is 0.586. The summed E-state index contributed by atoms with van der Waals surface area (Å²) in [4.78, 5) is 28.9. The summed E-state index contributed by atoms with van der Waals surface area (Å²) in [6.07, 6.45) is 0.00771. The molecule has 1 amide bonds. The van der Waals surface area contributed by atoms with Gasteiger partial charge in [-0.2, -0.15) is 0 Å². The average Bonchev–Trinajstić information content (AvgIpc) is 3.40. The fraction of sp³-hybridized carbons (Fsp3) is 0.520. The van der Waals surface area contributed by atoms with E-state index in [1.54, 1.807) is 18.2 Å². The van der Waals surface area contributed by atoms with E-state index in [-0.39, 0.29) is 23.5 Å². The second-order valence-electron chi connectivity index (χ2n) is 9.55. The van der Waals surface area contributed by atoms with Gasteiger partial charge in [-0.25, -0.2) is 4.39 Å². The van der Waals surface area contributed by atoms with Crippen molar-refractivity contribution in [1.29, 1.82) is 0 Å². The number of fused-ring (bicyclic) bond motifs is 1. The van der Waals surface area contributed by atoms with Crippen LogP contribution in [0.15, 0.2) is 29.5 Å². The van der Waals surface area contributed by atoms with Crippen molar-refractivity contribution in [1.82, 2.24) is 10.2 Å². The van der Waals surface area contributed by atoms with Crippen molar-refractivity contribution < 1.29 is 28.2 Å². The zero-order chi connectivity index (χ0) is 24.9. The fourth-order valence-corrected chi connectivity index (χ4v) is 6.20. The van der Waals surface area contributed by atoms with Crippen LogP contribution in [0.4, 0.5) is 9.52 Å². The third kappa shape index (κ3) is 4.07. The first-order valence-corrected chi connectivity index (χ1v) is 12.6. The van der Waals surface area contributed by atoms with Crippen molar-refractivity contribution >= 4 is 28.2 Å². The molecular formula is C25H28FN3O5S. The number of anilines is 1. The molecule has 0 bridgehead atoms. The molecule has 8 nitrogen and oxygen atoms in total. The zero-order valence-electron chi connectivity index (χ0n) is 20.1. The number of rotatable bonds is 6.